The molecule has 1 fully saturated rings. The van der Waals surface area contributed by atoms with E-state index < -0.39 is 0 Å². The van der Waals surface area contributed by atoms with Gasteiger partial charge in [-0.1, -0.05) is 25.3 Å². The zero-order chi connectivity index (χ0) is 16.3. The number of carbonyl (C=O) groups is 1. The average Bonchev–Trinajstić information content (AvgIpc) is 2.97. The van der Waals surface area contributed by atoms with E-state index in [1.165, 1.54) is 19.3 Å². The molecule has 5 heteroatoms. The van der Waals surface area contributed by atoms with Gasteiger partial charge in [-0.05, 0) is 43.2 Å². The van der Waals surface area contributed by atoms with Crippen molar-refractivity contribution >= 4 is 11.6 Å². The highest BCUT2D eigenvalue weighted by atomic mass is 16.3. The number of nitrogens with one attached hydrogen (secondary N) is 1. The largest absolute Gasteiger partial charge is 0.396 e. The highest BCUT2D eigenvalue weighted by molar-refractivity contribution is 5.93. The van der Waals surface area contributed by atoms with E-state index in [2.05, 4.69) is 10.3 Å². The molecule has 0 bridgehead atoms. The van der Waals surface area contributed by atoms with Gasteiger partial charge in [-0.3, -0.25) is 9.20 Å². The molecule has 0 spiro atoms. The predicted molar refractivity (Wildman–Crippen MR) is 89.5 cm³/mol. The average molecular weight is 315 g/mol. The van der Waals surface area contributed by atoms with Crippen LogP contribution in [0.5, 0.6) is 0 Å². The van der Waals surface area contributed by atoms with Gasteiger partial charge < -0.3 is 10.4 Å². The van der Waals surface area contributed by atoms with E-state index in [0.29, 0.717) is 12.2 Å². The summed E-state index contributed by atoms with van der Waals surface area (Å²) in [6.07, 6.45) is 10.1. The van der Waals surface area contributed by atoms with Crippen molar-refractivity contribution in [3.05, 3.63) is 35.8 Å². The molecule has 1 aliphatic rings. The molecule has 3 rings (SSSR count). The lowest BCUT2D eigenvalue weighted by Crippen LogP contribution is -2.40. The summed E-state index contributed by atoms with van der Waals surface area (Å²) < 4.78 is 1.84. The minimum atomic E-state index is -0.0917. The van der Waals surface area contributed by atoms with Gasteiger partial charge in [-0.2, -0.15) is 0 Å². The van der Waals surface area contributed by atoms with Crippen molar-refractivity contribution in [2.24, 2.45) is 5.41 Å². The number of aryl methyl sites for hydroxylation is 1. The van der Waals surface area contributed by atoms with Crippen LogP contribution >= 0.6 is 0 Å². The predicted octanol–water partition coefficient (Wildman–Crippen LogP) is 2.71. The normalized spacial score (nSPS) is 17.3. The minimum Gasteiger partial charge on any atom is -0.396 e. The quantitative estimate of drug-likeness (QED) is 0.891. The van der Waals surface area contributed by atoms with E-state index in [1.807, 2.05) is 29.7 Å². The number of aliphatic hydroxyl groups excluding tert-OH is 1. The highest BCUT2D eigenvalue weighted by Crippen LogP contribution is 2.38. The summed E-state index contributed by atoms with van der Waals surface area (Å²) in [5.74, 6) is -0.0917. The van der Waals surface area contributed by atoms with Gasteiger partial charge in [0.1, 0.15) is 11.3 Å². The second-order valence-corrected chi connectivity index (χ2v) is 6.80. The van der Waals surface area contributed by atoms with E-state index >= 15 is 0 Å². The van der Waals surface area contributed by atoms with Crippen molar-refractivity contribution in [1.29, 1.82) is 0 Å². The highest BCUT2D eigenvalue weighted by Gasteiger charge is 2.32. The van der Waals surface area contributed by atoms with Crippen LogP contribution in [-0.4, -0.2) is 33.6 Å². The Bertz CT molecular complexity index is 681. The Kier molecular flexibility index (Phi) is 4.66. The number of rotatable bonds is 5. The summed E-state index contributed by atoms with van der Waals surface area (Å²) in [4.78, 5) is 16.9. The molecule has 23 heavy (non-hydrogen) atoms. The maximum atomic E-state index is 12.6. The Hall–Kier alpha value is -1.88. The fourth-order valence-corrected chi connectivity index (χ4v) is 3.67. The topological polar surface area (TPSA) is 66.6 Å². The second-order valence-electron chi connectivity index (χ2n) is 6.80. The van der Waals surface area contributed by atoms with Crippen LogP contribution in [0.3, 0.4) is 0 Å². The van der Waals surface area contributed by atoms with Crippen LogP contribution in [0.25, 0.3) is 5.65 Å². The number of hydrogen-bond donors (Lipinski definition) is 2. The molecule has 0 atom stereocenters. The third kappa shape index (κ3) is 3.39. The molecule has 0 aromatic carbocycles. The van der Waals surface area contributed by atoms with Gasteiger partial charge in [0.15, 0.2) is 0 Å². The molecular formula is C18H25N3O2. The fourth-order valence-electron chi connectivity index (χ4n) is 3.67. The lowest BCUT2D eigenvalue weighted by molar-refractivity contribution is 0.0863. The molecule has 2 aromatic rings. The Balaban J connectivity index is 1.73. The van der Waals surface area contributed by atoms with E-state index in [9.17, 15) is 9.90 Å². The molecule has 2 aromatic heterocycles. The van der Waals surface area contributed by atoms with Crippen molar-refractivity contribution in [2.75, 3.05) is 13.2 Å². The zero-order valence-corrected chi connectivity index (χ0v) is 13.7. The Morgan fingerprint density at radius 2 is 2.13 bits per heavy atom. The van der Waals surface area contributed by atoms with Crippen LogP contribution in [0, 0.1) is 12.3 Å². The van der Waals surface area contributed by atoms with E-state index in [-0.39, 0.29) is 17.9 Å². The first-order valence-electron chi connectivity index (χ1n) is 8.46. The standard InChI is InChI=1S/C18H25N3O2/c1-14-5-6-16-19-11-15(21(16)12-14)17(23)20-13-18(9-10-22)7-3-2-4-8-18/h5-6,11-12,22H,2-4,7-10,13H2,1H3,(H,20,23). The third-order valence-electron chi connectivity index (χ3n) is 5.07. The first kappa shape index (κ1) is 16.0. The molecular weight excluding hydrogens is 290 g/mol. The first-order valence-corrected chi connectivity index (χ1v) is 8.46. The van der Waals surface area contributed by atoms with Gasteiger partial charge in [-0.25, -0.2) is 4.98 Å². The molecule has 0 unspecified atom stereocenters. The molecule has 2 heterocycles. The SMILES string of the molecule is Cc1ccc2ncc(C(=O)NCC3(CCO)CCCCC3)n2c1. The molecule has 124 valence electrons. The van der Waals surface area contributed by atoms with Crippen LogP contribution in [-0.2, 0) is 0 Å². The molecule has 0 saturated heterocycles. The van der Waals surface area contributed by atoms with Crippen molar-refractivity contribution in [1.82, 2.24) is 14.7 Å². The van der Waals surface area contributed by atoms with Gasteiger partial charge in [-0.15, -0.1) is 0 Å². The van der Waals surface area contributed by atoms with Crippen LogP contribution in [0.4, 0.5) is 0 Å². The van der Waals surface area contributed by atoms with Crippen molar-refractivity contribution < 1.29 is 9.90 Å². The van der Waals surface area contributed by atoms with Crippen molar-refractivity contribution in [3.63, 3.8) is 0 Å². The summed E-state index contributed by atoms with van der Waals surface area (Å²) in [5, 5.41) is 12.5. The number of aliphatic hydroxyl groups is 1. The van der Waals surface area contributed by atoms with E-state index in [1.54, 1.807) is 6.20 Å². The number of aromatic nitrogens is 2. The number of amides is 1. The smallest absolute Gasteiger partial charge is 0.269 e. The Labute approximate surface area is 136 Å². The number of imidazole rings is 1. The molecule has 5 nitrogen and oxygen atoms in total. The van der Waals surface area contributed by atoms with E-state index in [0.717, 1.165) is 30.5 Å². The number of fused-ring (bicyclic) bond motifs is 1. The van der Waals surface area contributed by atoms with Gasteiger partial charge >= 0.3 is 0 Å². The van der Waals surface area contributed by atoms with Crippen molar-refractivity contribution in [2.45, 2.75) is 45.4 Å². The molecule has 0 radical (unpaired) electrons. The lowest BCUT2D eigenvalue weighted by Gasteiger charge is -2.37. The van der Waals surface area contributed by atoms with Crippen LogP contribution in [0.2, 0.25) is 0 Å². The maximum Gasteiger partial charge on any atom is 0.269 e. The first-order chi connectivity index (χ1) is 11.1. The molecule has 1 saturated carbocycles. The Morgan fingerprint density at radius 1 is 1.35 bits per heavy atom. The fraction of sp³-hybridized carbons (Fsp3) is 0.556. The van der Waals surface area contributed by atoms with Gasteiger partial charge in [0.25, 0.3) is 5.91 Å². The Morgan fingerprint density at radius 3 is 2.87 bits per heavy atom. The van der Waals surface area contributed by atoms with Gasteiger partial charge in [0.05, 0.1) is 6.20 Å². The summed E-state index contributed by atoms with van der Waals surface area (Å²) in [6.45, 7) is 2.81. The summed E-state index contributed by atoms with van der Waals surface area (Å²) in [6, 6.07) is 3.91. The van der Waals surface area contributed by atoms with Crippen LogP contribution in [0.15, 0.2) is 24.5 Å². The number of hydrogen-bond acceptors (Lipinski definition) is 3. The number of carbonyl (C=O) groups excluding carboxylic acids is 1. The summed E-state index contributed by atoms with van der Waals surface area (Å²) in [5.41, 5.74) is 2.50. The number of nitrogens with zero attached hydrogens (tertiary/aromatic N) is 2. The molecule has 0 aliphatic heterocycles. The zero-order valence-electron chi connectivity index (χ0n) is 13.7. The second kappa shape index (κ2) is 6.71. The van der Waals surface area contributed by atoms with Crippen molar-refractivity contribution in [3.8, 4) is 0 Å². The third-order valence-corrected chi connectivity index (χ3v) is 5.07. The van der Waals surface area contributed by atoms with Gasteiger partial charge in [0, 0.05) is 19.3 Å². The van der Waals surface area contributed by atoms with Crippen LogP contribution in [0.1, 0.15) is 54.6 Å². The molecule has 1 amide bonds. The van der Waals surface area contributed by atoms with Gasteiger partial charge in [0.2, 0.25) is 0 Å². The monoisotopic (exact) mass is 315 g/mol. The minimum absolute atomic E-state index is 0.0546. The van der Waals surface area contributed by atoms with Crippen LogP contribution < -0.4 is 5.32 Å². The summed E-state index contributed by atoms with van der Waals surface area (Å²) >= 11 is 0. The lowest BCUT2D eigenvalue weighted by atomic mass is 9.72. The summed E-state index contributed by atoms with van der Waals surface area (Å²) in [7, 11) is 0. The maximum absolute atomic E-state index is 12.6. The molecule has 2 N–H and O–H groups in total. The van der Waals surface area contributed by atoms with E-state index in [4.69, 9.17) is 0 Å². The molecule has 1 aliphatic carbocycles. The number of pyridine rings is 1.